The molecule has 4 rings (SSSR count). The minimum absolute atomic E-state index is 0.211. The summed E-state index contributed by atoms with van der Waals surface area (Å²) in [7, 11) is 0. The van der Waals surface area contributed by atoms with Crippen LogP contribution in [0, 0.1) is 0 Å². The number of hydrogen-bond acceptors (Lipinski definition) is 4. The van der Waals surface area contributed by atoms with E-state index in [0.29, 0.717) is 11.8 Å². The molecule has 0 spiro atoms. The Morgan fingerprint density at radius 3 is 2.91 bits per heavy atom. The average molecular weight is 315 g/mol. The summed E-state index contributed by atoms with van der Waals surface area (Å²) in [4.78, 5) is 16.0. The molecule has 0 unspecified atom stereocenters. The van der Waals surface area contributed by atoms with E-state index >= 15 is 0 Å². The Labute approximate surface area is 132 Å². The standard InChI is InChI=1S/C16H17N3O2S/c20-16(21)13-12-9-22-15-11(7-4-8-17-15)14(12)19(18-13)10-5-2-1-3-6-10/h4,7-8,10H,1-3,5-6,9H2,(H,20,21). The topological polar surface area (TPSA) is 68.0 Å². The maximum absolute atomic E-state index is 11.6. The Morgan fingerprint density at radius 2 is 2.14 bits per heavy atom. The van der Waals surface area contributed by atoms with E-state index in [1.807, 2.05) is 16.8 Å². The largest absolute Gasteiger partial charge is 0.476 e. The lowest BCUT2D eigenvalue weighted by Gasteiger charge is -2.25. The minimum Gasteiger partial charge on any atom is -0.476 e. The van der Waals surface area contributed by atoms with Gasteiger partial charge in [0.15, 0.2) is 5.69 Å². The average Bonchev–Trinajstić information content (AvgIpc) is 2.96. The first kappa shape index (κ1) is 13.8. The molecule has 1 fully saturated rings. The van der Waals surface area contributed by atoms with Crippen molar-refractivity contribution in [2.75, 3.05) is 0 Å². The molecule has 114 valence electrons. The van der Waals surface area contributed by atoms with Gasteiger partial charge in [0.25, 0.3) is 0 Å². The smallest absolute Gasteiger partial charge is 0.356 e. The van der Waals surface area contributed by atoms with Gasteiger partial charge in [0.1, 0.15) is 5.03 Å². The molecule has 1 aliphatic carbocycles. The molecule has 0 atom stereocenters. The van der Waals surface area contributed by atoms with Gasteiger partial charge in [-0.15, -0.1) is 11.8 Å². The first-order valence-corrected chi connectivity index (χ1v) is 8.67. The first-order chi connectivity index (χ1) is 10.8. The Balaban J connectivity index is 1.91. The van der Waals surface area contributed by atoms with Crippen LogP contribution in [-0.2, 0) is 5.75 Å². The van der Waals surface area contributed by atoms with Crippen LogP contribution in [-0.4, -0.2) is 25.8 Å². The molecule has 1 saturated carbocycles. The summed E-state index contributed by atoms with van der Waals surface area (Å²) in [6.07, 6.45) is 7.59. The number of carboxylic acids is 1. The minimum atomic E-state index is -0.932. The van der Waals surface area contributed by atoms with Crippen molar-refractivity contribution in [1.82, 2.24) is 14.8 Å². The molecule has 3 heterocycles. The summed E-state index contributed by atoms with van der Waals surface area (Å²) < 4.78 is 1.98. The molecule has 2 aromatic rings. The molecule has 5 nitrogen and oxygen atoms in total. The van der Waals surface area contributed by atoms with Crippen LogP contribution in [0.4, 0.5) is 0 Å². The quantitative estimate of drug-likeness (QED) is 0.914. The van der Waals surface area contributed by atoms with Gasteiger partial charge in [-0.3, -0.25) is 4.68 Å². The van der Waals surface area contributed by atoms with E-state index < -0.39 is 5.97 Å². The Bertz CT molecular complexity index is 735. The van der Waals surface area contributed by atoms with Crippen LogP contribution in [0.1, 0.15) is 54.2 Å². The molecule has 0 amide bonds. The van der Waals surface area contributed by atoms with E-state index in [1.165, 1.54) is 19.3 Å². The highest BCUT2D eigenvalue weighted by Crippen LogP contribution is 2.44. The van der Waals surface area contributed by atoms with Gasteiger partial charge in [-0.25, -0.2) is 9.78 Å². The van der Waals surface area contributed by atoms with E-state index in [0.717, 1.165) is 34.7 Å². The molecule has 0 radical (unpaired) electrons. The molecule has 0 bridgehead atoms. The van der Waals surface area contributed by atoms with E-state index in [2.05, 4.69) is 10.1 Å². The maximum Gasteiger partial charge on any atom is 0.356 e. The number of nitrogens with zero attached hydrogens (tertiary/aromatic N) is 3. The molecule has 22 heavy (non-hydrogen) atoms. The second kappa shape index (κ2) is 5.43. The zero-order chi connectivity index (χ0) is 15.1. The monoisotopic (exact) mass is 315 g/mol. The third kappa shape index (κ3) is 2.13. The molecule has 0 aromatic carbocycles. The van der Waals surface area contributed by atoms with E-state index in [1.54, 1.807) is 18.0 Å². The van der Waals surface area contributed by atoms with Gasteiger partial charge >= 0.3 is 5.97 Å². The number of hydrogen-bond donors (Lipinski definition) is 1. The van der Waals surface area contributed by atoms with Gasteiger partial charge < -0.3 is 5.11 Å². The van der Waals surface area contributed by atoms with E-state index in [9.17, 15) is 9.90 Å². The lowest BCUT2D eigenvalue weighted by molar-refractivity contribution is 0.0688. The second-order valence-corrected chi connectivity index (χ2v) is 6.83. The summed E-state index contributed by atoms with van der Waals surface area (Å²) >= 11 is 1.60. The number of rotatable bonds is 2. The molecule has 1 N–H and O–H groups in total. The molecule has 2 aromatic heterocycles. The predicted octanol–water partition coefficient (Wildman–Crippen LogP) is 3.75. The van der Waals surface area contributed by atoms with Gasteiger partial charge in [-0.05, 0) is 25.0 Å². The molecule has 1 aliphatic heterocycles. The zero-order valence-corrected chi connectivity index (χ0v) is 13.0. The summed E-state index contributed by atoms with van der Waals surface area (Å²) in [6, 6.07) is 4.25. The van der Waals surface area contributed by atoms with Crippen LogP contribution in [0.5, 0.6) is 0 Å². The lowest BCUT2D eigenvalue weighted by Crippen LogP contribution is -2.16. The van der Waals surface area contributed by atoms with Crippen molar-refractivity contribution in [3.63, 3.8) is 0 Å². The maximum atomic E-state index is 11.6. The highest BCUT2D eigenvalue weighted by atomic mass is 32.2. The fourth-order valence-electron chi connectivity index (χ4n) is 3.48. The van der Waals surface area contributed by atoms with Crippen molar-refractivity contribution in [1.29, 1.82) is 0 Å². The number of thioether (sulfide) groups is 1. The Morgan fingerprint density at radius 1 is 1.32 bits per heavy atom. The van der Waals surface area contributed by atoms with Gasteiger partial charge in [0.2, 0.25) is 0 Å². The summed E-state index contributed by atoms with van der Waals surface area (Å²) in [5.74, 6) is -0.299. The number of aromatic carboxylic acids is 1. The van der Waals surface area contributed by atoms with Gasteiger partial charge in [-0.2, -0.15) is 5.10 Å². The fraction of sp³-hybridized carbons (Fsp3) is 0.438. The summed E-state index contributed by atoms with van der Waals surface area (Å²) in [5.41, 5.74) is 3.07. The van der Waals surface area contributed by atoms with Crippen LogP contribution in [0.2, 0.25) is 0 Å². The molecule has 6 heteroatoms. The Kier molecular flexibility index (Phi) is 3.41. The SMILES string of the molecule is O=C(O)c1nn(C2CCCCC2)c2c1CSc1ncccc1-2. The number of pyridine rings is 1. The van der Waals surface area contributed by atoms with Crippen LogP contribution < -0.4 is 0 Å². The first-order valence-electron chi connectivity index (χ1n) is 7.68. The van der Waals surface area contributed by atoms with Crippen LogP contribution in [0.25, 0.3) is 11.3 Å². The van der Waals surface area contributed by atoms with Gasteiger partial charge in [0, 0.05) is 23.1 Å². The van der Waals surface area contributed by atoms with E-state index in [4.69, 9.17) is 0 Å². The predicted molar refractivity (Wildman–Crippen MR) is 84.1 cm³/mol. The number of carboxylic acid groups (broad SMARTS) is 1. The molecule has 0 saturated heterocycles. The van der Waals surface area contributed by atoms with Crippen molar-refractivity contribution in [3.05, 3.63) is 29.6 Å². The molecular weight excluding hydrogens is 298 g/mol. The number of fused-ring (bicyclic) bond motifs is 3. The lowest BCUT2D eigenvalue weighted by atomic mass is 9.95. The van der Waals surface area contributed by atoms with Crippen LogP contribution >= 0.6 is 11.8 Å². The van der Waals surface area contributed by atoms with Crippen molar-refractivity contribution < 1.29 is 9.90 Å². The van der Waals surface area contributed by atoms with E-state index in [-0.39, 0.29) is 5.69 Å². The normalized spacial score (nSPS) is 17.8. The molecular formula is C16H17N3O2S. The van der Waals surface area contributed by atoms with Crippen molar-refractivity contribution in [3.8, 4) is 11.3 Å². The third-order valence-electron chi connectivity index (χ3n) is 4.51. The summed E-state index contributed by atoms with van der Waals surface area (Å²) in [5, 5.41) is 15.0. The fourth-order valence-corrected chi connectivity index (χ4v) is 4.49. The van der Waals surface area contributed by atoms with Crippen LogP contribution in [0.3, 0.4) is 0 Å². The van der Waals surface area contributed by atoms with Crippen LogP contribution in [0.15, 0.2) is 23.4 Å². The van der Waals surface area contributed by atoms with Crippen molar-refractivity contribution in [2.24, 2.45) is 0 Å². The summed E-state index contributed by atoms with van der Waals surface area (Å²) in [6.45, 7) is 0. The van der Waals surface area contributed by atoms with Gasteiger partial charge in [0.05, 0.1) is 11.7 Å². The highest BCUT2D eigenvalue weighted by molar-refractivity contribution is 7.98. The van der Waals surface area contributed by atoms with Gasteiger partial charge in [-0.1, -0.05) is 19.3 Å². The number of aromatic nitrogens is 3. The van der Waals surface area contributed by atoms with Crippen molar-refractivity contribution >= 4 is 17.7 Å². The zero-order valence-electron chi connectivity index (χ0n) is 12.2. The second-order valence-electron chi connectivity index (χ2n) is 5.86. The van der Waals surface area contributed by atoms with Crippen molar-refractivity contribution in [2.45, 2.75) is 48.9 Å². The number of carbonyl (C=O) groups is 1. The molecule has 2 aliphatic rings. The third-order valence-corrected chi connectivity index (χ3v) is 5.54. The Hall–Kier alpha value is -1.82. The highest BCUT2D eigenvalue weighted by Gasteiger charge is 2.31.